The van der Waals surface area contributed by atoms with E-state index in [1.165, 1.54) is 17.4 Å². The monoisotopic (exact) mass is 256 g/mol. The first-order valence-electron chi connectivity index (χ1n) is 7.34. The number of benzene rings is 1. The Morgan fingerprint density at radius 1 is 1.21 bits per heavy atom. The zero-order chi connectivity index (χ0) is 13.7. The summed E-state index contributed by atoms with van der Waals surface area (Å²) in [6, 6.07) is 11.0. The first-order chi connectivity index (χ1) is 9.26. The molecule has 2 heteroatoms. The fourth-order valence-corrected chi connectivity index (χ4v) is 2.44. The molecule has 2 atom stereocenters. The molecule has 0 bridgehead atoms. The van der Waals surface area contributed by atoms with E-state index >= 15 is 0 Å². The molecule has 0 aliphatic rings. The van der Waals surface area contributed by atoms with E-state index in [0.29, 0.717) is 12.0 Å². The Labute approximate surface area is 116 Å². The van der Waals surface area contributed by atoms with Crippen LogP contribution in [0.15, 0.2) is 36.5 Å². The third-order valence-electron chi connectivity index (χ3n) is 3.80. The molecule has 102 valence electrons. The minimum atomic E-state index is 0.405. The molecule has 1 heterocycles. The van der Waals surface area contributed by atoms with E-state index in [1.807, 2.05) is 12.3 Å². The molecule has 2 unspecified atom stereocenters. The second-order valence-electron chi connectivity index (χ2n) is 5.28. The molecule has 0 spiro atoms. The SMILES string of the molecule is CCCNC(c1cnc2ccccc2c1)C(C)CC. The molecule has 2 aromatic rings. The van der Waals surface area contributed by atoms with Gasteiger partial charge in [-0.25, -0.2) is 0 Å². The number of pyridine rings is 1. The summed E-state index contributed by atoms with van der Waals surface area (Å²) in [5.74, 6) is 0.620. The van der Waals surface area contributed by atoms with Crippen LogP contribution in [0.3, 0.4) is 0 Å². The fourth-order valence-electron chi connectivity index (χ4n) is 2.44. The number of para-hydroxylation sites is 1. The van der Waals surface area contributed by atoms with Crippen molar-refractivity contribution in [2.75, 3.05) is 6.54 Å². The Bertz CT molecular complexity index is 521. The largest absolute Gasteiger partial charge is 0.310 e. The zero-order valence-electron chi connectivity index (χ0n) is 12.2. The summed E-state index contributed by atoms with van der Waals surface area (Å²) < 4.78 is 0. The van der Waals surface area contributed by atoms with Crippen LogP contribution in [0.4, 0.5) is 0 Å². The highest BCUT2D eigenvalue weighted by molar-refractivity contribution is 5.78. The summed E-state index contributed by atoms with van der Waals surface area (Å²) in [4.78, 5) is 4.59. The van der Waals surface area contributed by atoms with Gasteiger partial charge < -0.3 is 5.32 Å². The number of fused-ring (bicyclic) bond motifs is 1. The van der Waals surface area contributed by atoms with Crippen LogP contribution in [-0.2, 0) is 0 Å². The van der Waals surface area contributed by atoms with E-state index in [4.69, 9.17) is 0 Å². The van der Waals surface area contributed by atoms with Gasteiger partial charge in [-0.3, -0.25) is 4.98 Å². The molecule has 0 radical (unpaired) electrons. The van der Waals surface area contributed by atoms with Gasteiger partial charge in [-0.2, -0.15) is 0 Å². The lowest BCUT2D eigenvalue weighted by molar-refractivity contribution is 0.377. The summed E-state index contributed by atoms with van der Waals surface area (Å²) in [7, 11) is 0. The molecule has 2 rings (SSSR count). The predicted molar refractivity (Wildman–Crippen MR) is 82.2 cm³/mol. The van der Waals surface area contributed by atoms with Crippen molar-refractivity contribution in [1.82, 2.24) is 10.3 Å². The second-order valence-corrected chi connectivity index (χ2v) is 5.28. The topological polar surface area (TPSA) is 24.9 Å². The van der Waals surface area contributed by atoms with Crippen molar-refractivity contribution in [3.63, 3.8) is 0 Å². The number of aromatic nitrogens is 1. The molecule has 1 N–H and O–H groups in total. The van der Waals surface area contributed by atoms with Crippen LogP contribution in [0, 0.1) is 5.92 Å². The van der Waals surface area contributed by atoms with E-state index in [1.54, 1.807) is 0 Å². The highest BCUT2D eigenvalue weighted by Crippen LogP contribution is 2.26. The van der Waals surface area contributed by atoms with E-state index in [0.717, 1.165) is 18.5 Å². The van der Waals surface area contributed by atoms with E-state index in [2.05, 4.69) is 55.3 Å². The summed E-state index contributed by atoms with van der Waals surface area (Å²) in [6.45, 7) is 7.82. The van der Waals surface area contributed by atoms with Gasteiger partial charge in [-0.05, 0) is 36.6 Å². The lowest BCUT2D eigenvalue weighted by Crippen LogP contribution is -2.27. The second kappa shape index (κ2) is 6.67. The number of nitrogens with zero attached hydrogens (tertiary/aromatic N) is 1. The molecule has 0 saturated heterocycles. The third kappa shape index (κ3) is 3.32. The van der Waals surface area contributed by atoms with Gasteiger partial charge in [0, 0.05) is 17.6 Å². The number of rotatable bonds is 6. The van der Waals surface area contributed by atoms with Gasteiger partial charge in [0.1, 0.15) is 0 Å². The van der Waals surface area contributed by atoms with Crippen LogP contribution < -0.4 is 5.32 Å². The van der Waals surface area contributed by atoms with Gasteiger partial charge >= 0.3 is 0 Å². The summed E-state index contributed by atoms with van der Waals surface area (Å²) in [5, 5.41) is 4.89. The molecule has 0 aliphatic carbocycles. The number of hydrogen-bond acceptors (Lipinski definition) is 2. The van der Waals surface area contributed by atoms with Crippen LogP contribution >= 0.6 is 0 Å². The van der Waals surface area contributed by atoms with Crippen molar-refractivity contribution in [2.24, 2.45) is 5.92 Å². The standard InChI is InChI=1S/C17H24N2/c1-4-10-18-17(13(3)5-2)15-11-14-8-6-7-9-16(14)19-12-15/h6-9,11-13,17-18H,4-5,10H2,1-3H3. The highest BCUT2D eigenvalue weighted by atomic mass is 14.9. The third-order valence-corrected chi connectivity index (χ3v) is 3.80. The van der Waals surface area contributed by atoms with Gasteiger partial charge in [0.15, 0.2) is 0 Å². The highest BCUT2D eigenvalue weighted by Gasteiger charge is 2.17. The Morgan fingerprint density at radius 2 is 2.00 bits per heavy atom. The lowest BCUT2D eigenvalue weighted by Gasteiger charge is -2.24. The Hall–Kier alpha value is -1.41. The van der Waals surface area contributed by atoms with Crippen molar-refractivity contribution in [1.29, 1.82) is 0 Å². The van der Waals surface area contributed by atoms with Crippen LogP contribution in [0.2, 0.25) is 0 Å². The maximum atomic E-state index is 4.59. The van der Waals surface area contributed by atoms with Crippen LogP contribution in [0.25, 0.3) is 10.9 Å². The maximum Gasteiger partial charge on any atom is 0.0702 e. The first kappa shape index (κ1) is 14.0. The van der Waals surface area contributed by atoms with Crippen molar-refractivity contribution < 1.29 is 0 Å². The van der Waals surface area contributed by atoms with E-state index in [9.17, 15) is 0 Å². The van der Waals surface area contributed by atoms with Crippen molar-refractivity contribution in [2.45, 2.75) is 39.7 Å². The number of nitrogens with one attached hydrogen (secondary N) is 1. The lowest BCUT2D eigenvalue weighted by atomic mass is 9.92. The first-order valence-corrected chi connectivity index (χ1v) is 7.34. The van der Waals surface area contributed by atoms with Crippen molar-refractivity contribution >= 4 is 10.9 Å². The molecular weight excluding hydrogens is 232 g/mol. The van der Waals surface area contributed by atoms with Crippen LogP contribution in [0.5, 0.6) is 0 Å². The molecule has 19 heavy (non-hydrogen) atoms. The Kier molecular flexibility index (Phi) is 4.92. The quantitative estimate of drug-likeness (QED) is 0.832. The molecule has 1 aromatic carbocycles. The maximum absolute atomic E-state index is 4.59. The molecule has 0 saturated carbocycles. The summed E-state index contributed by atoms with van der Waals surface area (Å²) in [5.41, 5.74) is 2.38. The zero-order valence-corrected chi connectivity index (χ0v) is 12.2. The van der Waals surface area contributed by atoms with Crippen LogP contribution in [-0.4, -0.2) is 11.5 Å². The average Bonchev–Trinajstić information content (AvgIpc) is 2.47. The average molecular weight is 256 g/mol. The van der Waals surface area contributed by atoms with Gasteiger partial charge in [0.05, 0.1) is 5.52 Å². The predicted octanol–water partition coefficient (Wildman–Crippen LogP) is 4.32. The van der Waals surface area contributed by atoms with Gasteiger partial charge in [-0.1, -0.05) is 45.4 Å². The molecule has 0 fully saturated rings. The van der Waals surface area contributed by atoms with Gasteiger partial charge in [-0.15, -0.1) is 0 Å². The Balaban J connectivity index is 2.32. The molecule has 1 aromatic heterocycles. The van der Waals surface area contributed by atoms with Gasteiger partial charge in [0.25, 0.3) is 0 Å². The Morgan fingerprint density at radius 3 is 2.74 bits per heavy atom. The minimum absolute atomic E-state index is 0.405. The molecular formula is C17H24N2. The normalized spacial score (nSPS) is 14.5. The number of hydrogen-bond donors (Lipinski definition) is 1. The fraction of sp³-hybridized carbons (Fsp3) is 0.471. The molecule has 0 amide bonds. The molecule has 2 nitrogen and oxygen atoms in total. The smallest absolute Gasteiger partial charge is 0.0702 e. The van der Waals surface area contributed by atoms with Crippen molar-refractivity contribution in [3.05, 3.63) is 42.1 Å². The van der Waals surface area contributed by atoms with Crippen molar-refractivity contribution in [3.8, 4) is 0 Å². The van der Waals surface area contributed by atoms with E-state index < -0.39 is 0 Å². The van der Waals surface area contributed by atoms with Crippen LogP contribution in [0.1, 0.15) is 45.2 Å². The summed E-state index contributed by atoms with van der Waals surface area (Å²) >= 11 is 0. The molecule has 0 aliphatic heterocycles. The minimum Gasteiger partial charge on any atom is -0.310 e. The van der Waals surface area contributed by atoms with Gasteiger partial charge in [0.2, 0.25) is 0 Å². The summed E-state index contributed by atoms with van der Waals surface area (Å²) in [6.07, 6.45) is 4.37. The van der Waals surface area contributed by atoms with E-state index in [-0.39, 0.29) is 0 Å².